The van der Waals surface area contributed by atoms with Crippen LogP contribution in [0.15, 0.2) is 24.3 Å². The predicted octanol–water partition coefficient (Wildman–Crippen LogP) is 3.62. The van der Waals surface area contributed by atoms with Crippen LogP contribution >= 0.6 is 0 Å². The van der Waals surface area contributed by atoms with Crippen molar-refractivity contribution in [1.29, 1.82) is 0 Å². The van der Waals surface area contributed by atoms with E-state index in [1.165, 1.54) is 50.8 Å². The third kappa shape index (κ3) is 2.59. The summed E-state index contributed by atoms with van der Waals surface area (Å²) in [4.78, 5) is 13.3. The van der Waals surface area contributed by atoms with E-state index >= 15 is 0 Å². The third-order valence-corrected chi connectivity index (χ3v) is 4.97. The van der Waals surface area contributed by atoms with Crippen LogP contribution in [0, 0.1) is 0 Å². The van der Waals surface area contributed by atoms with E-state index in [0.717, 1.165) is 11.8 Å². The molecule has 1 aliphatic carbocycles. The van der Waals surface area contributed by atoms with Gasteiger partial charge in [0.1, 0.15) is 6.29 Å². The Bertz CT molecular complexity index is 445. The molecule has 0 amide bonds. The minimum atomic E-state index is 0.557. The molecule has 0 bridgehead atoms. The second-order valence-corrected chi connectivity index (χ2v) is 6.35. The Morgan fingerprint density at radius 3 is 2.53 bits per heavy atom. The van der Waals surface area contributed by atoms with Gasteiger partial charge in [-0.25, -0.2) is 0 Å². The van der Waals surface area contributed by atoms with Crippen LogP contribution in [0.4, 0.5) is 0 Å². The Morgan fingerprint density at radius 2 is 1.89 bits per heavy atom. The molecule has 2 unspecified atom stereocenters. The molecular weight excluding hydrogens is 234 g/mol. The molecule has 1 aromatic carbocycles. The van der Waals surface area contributed by atoms with Gasteiger partial charge in [-0.05, 0) is 24.3 Å². The molecule has 1 aliphatic heterocycles. The van der Waals surface area contributed by atoms with Gasteiger partial charge in [-0.1, -0.05) is 50.5 Å². The van der Waals surface area contributed by atoms with E-state index in [9.17, 15) is 4.79 Å². The van der Waals surface area contributed by atoms with Crippen molar-refractivity contribution in [2.75, 3.05) is 13.1 Å². The number of hydrogen-bond acceptors (Lipinski definition) is 2. The lowest BCUT2D eigenvalue weighted by Gasteiger charge is -2.24. The van der Waals surface area contributed by atoms with Gasteiger partial charge in [-0.3, -0.25) is 9.69 Å². The molecule has 102 valence electrons. The summed E-state index contributed by atoms with van der Waals surface area (Å²) < 4.78 is 0. The molecule has 19 heavy (non-hydrogen) atoms. The van der Waals surface area contributed by atoms with E-state index in [1.807, 2.05) is 12.1 Å². The Hall–Kier alpha value is -1.15. The fourth-order valence-corrected chi connectivity index (χ4v) is 3.60. The zero-order valence-electron chi connectivity index (χ0n) is 11.8. The molecule has 1 heterocycles. The lowest BCUT2D eigenvalue weighted by Crippen LogP contribution is -2.24. The highest BCUT2D eigenvalue weighted by Crippen LogP contribution is 2.45. The summed E-state index contributed by atoms with van der Waals surface area (Å²) in [6.07, 6.45) is 7.99. The molecule has 2 atom stereocenters. The van der Waals surface area contributed by atoms with Gasteiger partial charge < -0.3 is 0 Å². The fraction of sp³-hybridized carbons (Fsp3) is 0.588. The van der Waals surface area contributed by atoms with E-state index < -0.39 is 0 Å². The summed E-state index contributed by atoms with van der Waals surface area (Å²) in [5, 5.41) is 0. The zero-order chi connectivity index (χ0) is 13.3. The standard InChI is InChI=1S/C17H23NO/c1-14(16-7-5-15(12-19)6-8-16)11-18-13-17(18)9-3-2-4-10-17/h5-8,12,14H,2-4,9-11,13H2,1H3. The maximum Gasteiger partial charge on any atom is 0.150 e. The van der Waals surface area contributed by atoms with Crippen molar-refractivity contribution in [3.8, 4) is 0 Å². The summed E-state index contributed by atoms with van der Waals surface area (Å²) in [5.74, 6) is 0.557. The Morgan fingerprint density at radius 1 is 1.21 bits per heavy atom. The first kappa shape index (κ1) is 12.9. The molecule has 0 aromatic heterocycles. The average molecular weight is 257 g/mol. The SMILES string of the molecule is CC(CN1CC12CCCCC2)c1ccc(C=O)cc1. The number of hydrogen-bond donors (Lipinski definition) is 0. The van der Waals surface area contributed by atoms with Crippen LogP contribution in [-0.4, -0.2) is 29.8 Å². The molecule has 1 saturated heterocycles. The van der Waals surface area contributed by atoms with E-state index in [-0.39, 0.29) is 0 Å². The number of carbonyl (C=O) groups excluding carboxylic acids is 1. The monoisotopic (exact) mass is 257 g/mol. The van der Waals surface area contributed by atoms with Crippen LogP contribution in [0.3, 0.4) is 0 Å². The van der Waals surface area contributed by atoms with Crippen LogP contribution in [0.2, 0.25) is 0 Å². The fourth-order valence-electron chi connectivity index (χ4n) is 3.60. The van der Waals surface area contributed by atoms with Gasteiger partial charge in [0.25, 0.3) is 0 Å². The summed E-state index contributed by atoms with van der Waals surface area (Å²) in [6.45, 7) is 4.77. The molecule has 2 fully saturated rings. The van der Waals surface area contributed by atoms with E-state index in [0.29, 0.717) is 11.5 Å². The smallest absolute Gasteiger partial charge is 0.150 e. The van der Waals surface area contributed by atoms with Gasteiger partial charge in [0.2, 0.25) is 0 Å². The van der Waals surface area contributed by atoms with Gasteiger partial charge in [0.05, 0.1) is 0 Å². The summed E-state index contributed by atoms with van der Waals surface area (Å²) in [6, 6.07) is 8.06. The molecule has 2 nitrogen and oxygen atoms in total. The number of nitrogens with zero attached hydrogens (tertiary/aromatic N) is 1. The summed E-state index contributed by atoms with van der Waals surface area (Å²) >= 11 is 0. The number of aldehydes is 1. The van der Waals surface area contributed by atoms with Crippen molar-refractivity contribution < 1.29 is 4.79 Å². The zero-order valence-corrected chi connectivity index (χ0v) is 11.8. The molecule has 2 heteroatoms. The molecule has 3 rings (SSSR count). The first-order valence-electron chi connectivity index (χ1n) is 7.54. The normalized spacial score (nSPS) is 26.1. The van der Waals surface area contributed by atoms with Gasteiger partial charge in [0.15, 0.2) is 0 Å². The second kappa shape index (κ2) is 5.09. The summed E-state index contributed by atoms with van der Waals surface area (Å²) in [7, 11) is 0. The maximum atomic E-state index is 10.7. The highest BCUT2D eigenvalue weighted by molar-refractivity contribution is 5.74. The lowest BCUT2D eigenvalue weighted by molar-refractivity contribution is 0.112. The quantitative estimate of drug-likeness (QED) is 0.606. The van der Waals surface area contributed by atoms with E-state index in [1.54, 1.807) is 0 Å². The average Bonchev–Trinajstić information content (AvgIpc) is 3.11. The highest BCUT2D eigenvalue weighted by atomic mass is 16.1. The Balaban J connectivity index is 1.59. The molecule has 1 spiro atoms. The largest absolute Gasteiger partial charge is 0.298 e. The molecule has 1 aromatic rings. The van der Waals surface area contributed by atoms with Crippen LogP contribution in [0.1, 0.15) is 60.9 Å². The van der Waals surface area contributed by atoms with Crippen molar-refractivity contribution in [1.82, 2.24) is 4.90 Å². The molecule has 0 radical (unpaired) electrons. The molecular formula is C17H23NO. The molecule has 0 N–H and O–H groups in total. The number of carbonyl (C=O) groups is 1. The van der Waals surface area contributed by atoms with E-state index in [2.05, 4.69) is 24.0 Å². The van der Waals surface area contributed by atoms with Gasteiger partial charge >= 0.3 is 0 Å². The van der Waals surface area contributed by atoms with Crippen molar-refractivity contribution >= 4 is 6.29 Å². The molecule has 1 saturated carbocycles. The maximum absolute atomic E-state index is 10.7. The summed E-state index contributed by atoms with van der Waals surface area (Å²) in [5.41, 5.74) is 2.70. The first-order chi connectivity index (χ1) is 9.23. The minimum absolute atomic E-state index is 0.557. The van der Waals surface area contributed by atoms with Crippen molar-refractivity contribution in [3.05, 3.63) is 35.4 Å². The van der Waals surface area contributed by atoms with Crippen LogP contribution in [0.5, 0.6) is 0 Å². The second-order valence-electron chi connectivity index (χ2n) is 6.35. The van der Waals surface area contributed by atoms with Crippen LogP contribution in [-0.2, 0) is 0 Å². The number of benzene rings is 1. The van der Waals surface area contributed by atoms with Crippen molar-refractivity contribution in [3.63, 3.8) is 0 Å². The minimum Gasteiger partial charge on any atom is -0.298 e. The third-order valence-electron chi connectivity index (χ3n) is 4.97. The van der Waals surface area contributed by atoms with Crippen molar-refractivity contribution in [2.45, 2.75) is 50.5 Å². The van der Waals surface area contributed by atoms with Gasteiger partial charge in [-0.2, -0.15) is 0 Å². The topological polar surface area (TPSA) is 20.1 Å². The Labute approximate surface area is 115 Å². The van der Waals surface area contributed by atoms with E-state index in [4.69, 9.17) is 0 Å². The van der Waals surface area contributed by atoms with Gasteiger partial charge in [0, 0.05) is 24.2 Å². The lowest BCUT2D eigenvalue weighted by atomic mass is 9.88. The van der Waals surface area contributed by atoms with Crippen LogP contribution in [0.25, 0.3) is 0 Å². The highest BCUT2D eigenvalue weighted by Gasteiger charge is 2.51. The predicted molar refractivity (Wildman–Crippen MR) is 77.6 cm³/mol. The first-order valence-corrected chi connectivity index (χ1v) is 7.54. The van der Waals surface area contributed by atoms with Crippen LogP contribution < -0.4 is 0 Å². The van der Waals surface area contributed by atoms with Gasteiger partial charge in [-0.15, -0.1) is 0 Å². The van der Waals surface area contributed by atoms with Crippen molar-refractivity contribution in [2.24, 2.45) is 0 Å². The molecule has 2 aliphatic rings. The number of rotatable bonds is 4. The Kier molecular flexibility index (Phi) is 3.44.